The first-order valence-corrected chi connectivity index (χ1v) is 10.3. The number of carbonyl (C=O) groups is 1. The van der Waals surface area contributed by atoms with Gasteiger partial charge < -0.3 is 19.7 Å². The number of hydrogen-bond donors (Lipinski definition) is 2. The van der Waals surface area contributed by atoms with Gasteiger partial charge in [0.1, 0.15) is 5.75 Å². The van der Waals surface area contributed by atoms with E-state index in [1.165, 1.54) is 11.8 Å². The highest BCUT2D eigenvalue weighted by molar-refractivity contribution is 7.99. The van der Waals surface area contributed by atoms with E-state index in [0.717, 1.165) is 28.1 Å². The largest absolute Gasteiger partial charge is 0.497 e. The normalized spacial score (nSPS) is 10.8. The van der Waals surface area contributed by atoms with Crippen LogP contribution >= 0.6 is 11.8 Å². The van der Waals surface area contributed by atoms with E-state index >= 15 is 0 Å². The molecule has 0 aliphatic heterocycles. The molecule has 3 rings (SSSR count). The number of amides is 1. The molecule has 29 heavy (non-hydrogen) atoms. The molecule has 6 nitrogen and oxygen atoms in total. The molecule has 0 fully saturated rings. The van der Waals surface area contributed by atoms with Crippen molar-refractivity contribution in [2.45, 2.75) is 32.2 Å². The lowest BCUT2D eigenvalue weighted by Crippen LogP contribution is -2.15. The van der Waals surface area contributed by atoms with E-state index in [-0.39, 0.29) is 18.3 Å². The van der Waals surface area contributed by atoms with Crippen LogP contribution in [-0.4, -0.2) is 33.4 Å². The smallest absolute Gasteiger partial charge is 0.234 e. The molecule has 0 aliphatic carbocycles. The minimum absolute atomic E-state index is 0.0896. The molecule has 1 aromatic heterocycles. The molecule has 0 radical (unpaired) electrons. The Labute approximate surface area is 174 Å². The zero-order chi connectivity index (χ0) is 20.8. The zero-order valence-electron chi connectivity index (χ0n) is 16.8. The zero-order valence-corrected chi connectivity index (χ0v) is 17.6. The number of thioether (sulfide) groups is 1. The Morgan fingerprint density at radius 2 is 1.97 bits per heavy atom. The maximum Gasteiger partial charge on any atom is 0.234 e. The van der Waals surface area contributed by atoms with E-state index in [0.29, 0.717) is 17.4 Å². The second kappa shape index (κ2) is 9.62. The summed E-state index contributed by atoms with van der Waals surface area (Å²) >= 11 is 1.35. The maximum absolute atomic E-state index is 12.4. The van der Waals surface area contributed by atoms with Gasteiger partial charge in [0.2, 0.25) is 5.91 Å². The molecule has 0 aliphatic rings. The van der Waals surface area contributed by atoms with Crippen LogP contribution in [0.4, 0.5) is 5.69 Å². The van der Waals surface area contributed by atoms with Crippen molar-refractivity contribution in [1.29, 1.82) is 0 Å². The second-order valence-electron chi connectivity index (χ2n) is 6.80. The van der Waals surface area contributed by atoms with Crippen molar-refractivity contribution in [1.82, 2.24) is 9.55 Å². The molecule has 0 saturated heterocycles. The maximum atomic E-state index is 12.4. The molecule has 3 aromatic rings. The lowest BCUT2D eigenvalue weighted by atomic mass is 10.1. The van der Waals surface area contributed by atoms with Gasteiger partial charge in [-0.15, -0.1) is 0 Å². The number of anilines is 1. The summed E-state index contributed by atoms with van der Waals surface area (Å²) in [5.41, 5.74) is 4.61. The predicted octanol–water partition coefficient (Wildman–Crippen LogP) is 3.78. The molecule has 2 aromatic carbocycles. The third-order valence-electron chi connectivity index (χ3n) is 4.46. The molecule has 7 heteroatoms. The van der Waals surface area contributed by atoms with Crippen molar-refractivity contribution in [3.63, 3.8) is 0 Å². The van der Waals surface area contributed by atoms with Gasteiger partial charge in [0.05, 0.1) is 25.2 Å². The Balaban J connectivity index is 1.67. The van der Waals surface area contributed by atoms with E-state index in [4.69, 9.17) is 4.74 Å². The third-order valence-corrected chi connectivity index (χ3v) is 5.45. The molecule has 0 bridgehead atoms. The second-order valence-corrected chi connectivity index (χ2v) is 7.75. The summed E-state index contributed by atoms with van der Waals surface area (Å²) in [7, 11) is 1.64. The summed E-state index contributed by atoms with van der Waals surface area (Å²) in [6, 6.07) is 13.8. The van der Waals surface area contributed by atoms with E-state index in [2.05, 4.69) is 10.3 Å². The molecule has 0 atom stereocenters. The molecule has 152 valence electrons. The number of aliphatic hydroxyl groups excluding tert-OH is 1. The number of benzene rings is 2. The fourth-order valence-corrected chi connectivity index (χ4v) is 3.67. The van der Waals surface area contributed by atoms with Crippen LogP contribution in [0.15, 0.2) is 53.8 Å². The van der Waals surface area contributed by atoms with Crippen LogP contribution in [0.3, 0.4) is 0 Å². The summed E-state index contributed by atoms with van der Waals surface area (Å²) in [4.78, 5) is 16.9. The van der Waals surface area contributed by atoms with Crippen LogP contribution in [0.2, 0.25) is 0 Å². The standard InChI is InChI=1S/C22H25N3O3S/c1-15-4-5-16(2)20(10-15)24-21(27)14-29-22-23-18(13-26)12-25(22)11-17-6-8-19(28-3)9-7-17/h4-10,12,26H,11,13-14H2,1-3H3,(H,24,27). The fourth-order valence-electron chi connectivity index (χ4n) is 2.87. The lowest BCUT2D eigenvalue weighted by molar-refractivity contribution is -0.113. The number of ether oxygens (including phenoxy) is 1. The molecule has 1 amide bonds. The Morgan fingerprint density at radius 3 is 2.66 bits per heavy atom. The molecular formula is C22H25N3O3S. The van der Waals surface area contributed by atoms with Gasteiger partial charge in [0.25, 0.3) is 0 Å². The van der Waals surface area contributed by atoms with Crippen LogP contribution in [0.5, 0.6) is 5.75 Å². The van der Waals surface area contributed by atoms with Gasteiger partial charge >= 0.3 is 0 Å². The summed E-state index contributed by atoms with van der Waals surface area (Å²) in [5, 5.41) is 13.1. The number of nitrogens with one attached hydrogen (secondary N) is 1. The number of carbonyl (C=O) groups excluding carboxylic acids is 1. The number of rotatable bonds is 8. The number of aryl methyl sites for hydroxylation is 2. The van der Waals surface area contributed by atoms with Gasteiger partial charge in [-0.3, -0.25) is 4.79 Å². The van der Waals surface area contributed by atoms with E-state index in [9.17, 15) is 9.90 Å². The number of nitrogens with zero attached hydrogens (tertiary/aromatic N) is 2. The van der Waals surface area contributed by atoms with Crippen LogP contribution < -0.4 is 10.1 Å². The van der Waals surface area contributed by atoms with Gasteiger partial charge in [-0.25, -0.2) is 4.98 Å². The van der Waals surface area contributed by atoms with Crippen molar-refractivity contribution in [2.24, 2.45) is 0 Å². The molecule has 0 saturated carbocycles. The summed E-state index contributed by atoms with van der Waals surface area (Å²) in [6.45, 7) is 4.42. The molecule has 0 spiro atoms. The highest BCUT2D eigenvalue weighted by atomic mass is 32.2. The first kappa shape index (κ1) is 21.0. The Morgan fingerprint density at radius 1 is 1.21 bits per heavy atom. The van der Waals surface area contributed by atoms with Crippen molar-refractivity contribution in [3.8, 4) is 5.75 Å². The molecule has 0 unspecified atom stereocenters. The summed E-state index contributed by atoms with van der Waals surface area (Å²) in [5.74, 6) is 0.944. The number of hydrogen-bond acceptors (Lipinski definition) is 5. The van der Waals surface area contributed by atoms with E-state index < -0.39 is 0 Å². The van der Waals surface area contributed by atoms with Gasteiger partial charge in [-0.05, 0) is 48.7 Å². The van der Waals surface area contributed by atoms with E-state index in [1.54, 1.807) is 7.11 Å². The Kier molecular flexibility index (Phi) is 6.95. The number of methoxy groups -OCH3 is 1. The summed E-state index contributed by atoms with van der Waals surface area (Å²) < 4.78 is 7.14. The molecule has 2 N–H and O–H groups in total. The number of aliphatic hydroxyl groups is 1. The highest BCUT2D eigenvalue weighted by Gasteiger charge is 2.12. The van der Waals surface area contributed by atoms with Gasteiger partial charge in [0, 0.05) is 18.4 Å². The average Bonchev–Trinajstić information content (AvgIpc) is 3.11. The van der Waals surface area contributed by atoms with Gasteiger partial charge in [-0.1, -0.05) is 36.0 Å². The van der Waals surface area contributed by atoms with Crippen LogP contribution in [0.25, 0.3) is 0 Å². The van der Waals surface area contributed by atoms with Gasteiger partial charge in [-0.2, -0.15) is 0 Å². The number of aromatic nitrogens is 2. The Bertz CT molecular complexity index is 983. The first-order chi connectivity index (χ1) is 14.0. The highest BCUT2D eigenvalue weighted by Crippen LogP contribution is 2.22. The number of imidazole rings is 1. The Hall–Kier alpha value is -2.77. The first-order valence-electron chi connectivity index (χ1n) is 9.28. The minimum Gasteiger partial charge on any atom is -0.497 e. The molecular weight excluding hydrogens is 386 g/mol. The van der Waals surface area contributed by atoms with Crippen molar-refractivity contribution in [2.75, 3.05) is 18.2 Å². The third kappa shape index (κ3) is 5.62. The van der Waals surface area contributed by atoms with Crippen molar-refractivity contribution < 1.29 is 14.6 Å². The monoisotopic (exact) mass is 411 g/mol. The predicted molar refractivity (Wildman–Crippen MR) is 116 cm³/mol. The van der Waals surface area contributed by atoms with Crippen LogP contribution in [0.1, 0.15) is 22.4 Å². The fraction of sp³-hybridized carbons (Fsp3) is 0.273. The quantitative estimate of drug-likeness (QED) is 0.552. The molecule has 1 heterocycles. The lowest BCUT2D eigenvalue weighted by Gasteiger charge is -2.10. The van der Waals surface area contributed by atoms with Crippen molar-refractivity contribution >= 4 is 23.4 Å². The van der Waals surface area contributed by atoms with Crippen LogP contribution in [0, 0.1) is 13.8 Å². The van der Waals surface area contributed by atoms with Gasteiger partial charge in [0.15, 0.2) is 5.16 Å². The van der Waals surface area contributed by atoms with Crippen LogP contribution in [-0.2, 0) is 17.9 Å². The van der Waals surface area contributed by atoms with Crippen molar-refractivity contribution in [3.05, 3.63) is 71.0 Å². The minimum atomic E-state index is -0.141. The van der Waals surface area contributed by atoms with E-state index in [1.807, 2.05) is 67.1 Å². The topological polar surface area (TPSA) is 76.4 Å². The SMILES string of the molecule is COc1ccc(Cn2cc(CO)nc2SCC(=O)Nc2cc(C)ccc2C)cc1. The summed E-state index contributed by atoms with van der Waals surface area (Å²) in [6.07, 6.45) is 1.81. The average molecular weight is 412 g/mol.